The number of H-pyrrole nitrogens is 1. The minimum absolute atomic E-state index is 0.245. The molecule has 0 amide bonds. The fourth-order valence-electron chi connectivity index (χ4n) is 2.30. The van der Waals surface area contributed by atoms with Crippen molar-refractivity contribution in [2.24, 2.45) is 0 Å². The number of hydrogen-bond donors (Lipinski definition) is 1. The standard InChI is InChI=1S/C17H14N2O3S/c1-23-16-12(6-4-8-18-16)17(21)22-10-15(20)13-9-19-14-7-3-2-5-11(13)14/h2-9,19H,10H2,1H3. The fraction of sp³-hybridized carbons (Fsp3) is 0.118. The van der Waals surface area contributed by atoms with Gasteiger partial charge in [-0.3, -0.25) is 4.79 Å². The number of pyridine rings is 1. The Morgan fingerprint density at radius 2 is 2.00 bits per heavy atom. The van der Waals surface area contributed by atoms with E-state index < -0.39 is 5.97 Å². The third-order valence-corrected chi connectivity index (χ3v) is 4.12. The maximum absolute atomic E-state index is 12.3. The second-order valence-electron chi connectivity index (χ2n) is 4.81. The van der Waals surface area contributed by atoms with E-state index in [2.05, 4.69) is 9.97 Å². The molecule has 0 saturated carbocycles. The molecule has 0 fully saturated rings. The number of nitrogens with one attached hydrogen (secondary N) is 1. The maximum atomic E-state index is 12.3. The lowest BCUT2D eigenvalue weighted by Crippen LogP contribution is -2.15. The number of benzene rings is 1. The molecular formula is C17H14N2O3S. The van der Waals surface area contributed by atoms with Crippen molar-refractivity contribution >= 4 is 34.4 Å². The van der Waals surface area contributed by atoms with Gasteiger partial charge in [0.25, 0.3) is 0 Å². The van der Waals surface area contributed by atoms with Crippen molar-refractivity contribution in [3.63, 3.8) is 0 Å². The molecule has 0 aliphatic carbocycles. The number of carbonyl (C=O) groups excluding carboxylic acids is 2. The number of rotatable bonds is 5. The van der Waals surface area contributed by atoms with Crippen LogP contribution >= 0.6 is 11.8 Å². The first-order chi connectivity index (χ1) is 11.2. The van der Waals surface area contributed by atoms with Crippen molar-refractivity contribution in [1.29, 1.82) is 0 Å². The van der Waals surface area contributed by atoms with Gasteiger partial charge in [0, 0.05) is 28.9 Å². The number of carbonyl (C=O) groups is 2. The summed E-state index contributed by atoms with van der Waals surface area (Å²) in [7, 11) is 0. The lowest BCUT2D eigenvalue weighted by molar-refractivity contribution is 0.0471. The van der Waals surface area contributed by atoms with Crippen LogP contribution in [0.2, 0.25) is 0 Å². The van der Waals surface area contributed by atoms with Crippen LogP contribution in [0, 0.1) is 0 Å². The quantitative estimate of drug-likeness (QED) is 0.442. The van der Waals surface area contributed by atoms with E-state index in [1.807, 2.05) is 30.5 Å². The zero-order chi connectivity index (χ0) is 16.2. The number of para-hydroxylation sites is 1. The molecule has 0 aliphatic heterocycles. The normalized spacial score (nSPS) is 10.7. The van der Waals surface area contributed by atoms with Gasteiger partial charge in [-0.15, -0.1) is 11.8 Å². The molecular weight excluding hydrogens is 312 g/mol. The molecule has 0 bridgehead atoms. The molecule has 2 heterocycles. The number of fused-ring (bicyclic) bond motifs is 1. The first kappa shape index (κ1) is 15.3. The van der Waals surface area contributed by atoms with Gasteiger partial charge in [-0.25, -0.2) is 9.78 Å². The summed E-state index contributed by atoms with van der Waals surface area (Å²) in [4.78, 5) is 31.6. The van der Waals surface area contributed by atoms with Crippen LogP contribution in [0.4, 0.5) is 0 Å². The third kappa shape index (κ3) is 3.12. The van der Waals surface area contributed by atoms with E-state index >= 15 is 0 Å². The number of ketones is 1. The van der Waals surface area contributed by atoms with Gasteiger partial charge in [0.2, 0.25) is 5.78 Å². The van der Waals surface area contributed by atoms with E-state index in [1.54, 1.807) is 24.5 Å². The summed E-state index contributed by atoms with van der Waals surface area (Å²) in [5, 5.41) is 1.40. The Labute approximate surface area is 137 Å². The Morgan fingerprint density at radius 3 is 2.83 bits per heavy atom. The highest BCUT2D eigenvalue weighted by atomic mass is 32.2. The summed E-state index contributed by atoms with van der Waals surface area (Å²) in [6.45, 7) is -0.302. The Hall–Kier alpha value is -2.60. The summed E-state index contributed by atoms with van der Waals surface area (Å²) >= 11 is 1.36. The Kier molecular flexibility index (Phi) is 4.43. The third-order valence-electron chi connectivity index (χ3n) is 3.41. The van der Waals surface area contributed by atoms with Crippen LogP contribution in [-0.4, -0.2) is 34.6 Å². The Morgan fingerprint density at radius 1 is 1.17 bits per heavy atom. The highest BCUT2D eigenvalue weighted by Crippen LogP contribution is 2.20. The number of ether oxygens (including phenoxy) is 1. The van der Waals surface area contributed by atoms with Gasteiger partial charge in [-0.1, -0.05) is 18.2 Å². The van der Waals surface area contributed by atoms with E-state index in [4.69, 9.17) is 4.74 Å². The molecule has 3 aromatic rings. The van der Waals surface area contributed by atoms with Crippen molar-refractivity contribution in [1.82, 2.24) is 9.97 Å². The monoisotopic (exact) mass is 326 g/mol. The number of Topliss-reactive ketones (excluding diaryl/α,β-unsaturated/α-hetero) is 1. The number of nitrogens with zero attached hydrogens (tertiary/aromatic N) is 1. The molecule has 0 radical (unpaired) electrons. The smallest absolute Gasteiger partial charge is 0.341 e. The highest BCUT2D eigenvalue weighted by molar-refractivity contribution is 7.98. The van der Waals surface area contributed by atoms with E-state index in [9.17, 15) is 9.59 Å². The van der Waals surface area contributed by atoms with Gasteiger partial charge in [0.05, 0.1) is 5.56 Å². The van der Waals surface area contributed by atoms with Gasteiger partial charge in [0.15, 0.2) is 6.61 Å². The van der Waals surface area contributed by atoms with Gasteiger partial charge < -0.3 is 9.72 Å². The molecule has 0 unspecified atom stereocenters. The lowest BCUT2D eigenvalue weighted by Gasteiger charge is -2.06. The van der Waals surface area contributed by atoms with Crippen LogP contribution in [0.5, 0.6) is 0 Å². The molecule has 2 aromatic heterocycles. The van der Waals surface area contributed by atoms with Crippen molar-refractivity contribution in [2.45, 2.75) is 5.03 Å². The van der Waals surface area contributed by atoms with E-state index in [0.29, 0.717) is 16.2 Å². The van der Waals surface area contributed by atoms with Gasteiger partial charge in [0.1, 0.15) is 5.03 Å². The average molecular weight is 326 g/mol. The second kappa shape index (κ2) is 6.66. The zero-order valence-corrected chi connectivity index (χ0v) is 13.2. The molecule has 116 valence electrons. The highest BCUT2D eigenvalue weighted by Gasteiger charge is 2.17. The van der Waals surface area contributed by atoms with Gasteiger partial charge >= 0.3 is 5.97 Å². The Balaban J connectivity index is 1.73. The summed E-state index contributed by atoms with van der Waals surface area (Å²) < 4.78 is 5.15. The predicted octanol–water partition coefficient (Wildman–Crippen LogP) is 3.32. The van der Waals surface area contributed by atoms with E-state index in [1.165, 1.54) is 11.8 Å². The molecule has 0 spiro atoms. The number of esters is 1. The topological polar surface area (TPSA) is 72.0 Å². The summed E-state index contributed by atoms with van der Waals surface area (Å²) in [6.07, 6.45) is 5.08. The number of aromatic nitrogens is 2. The number of thioether (sulfide) groups is 1. The van der Waals surface area contributed by atoms with Crippen LogP contribution in [0.15, 0.2) is 53.8 Å². The molecule has 0 saturated heterocycles. The average Bonchev–Trinajstić information content (AvgIpc) is 3.03. The summed E-state index contributed by atoms with van der Waals surface area (Å²) in [5.74, 6) is -0.791. The summed E-state index contributed by atoms with van der Waals surface area (Å²) in [6, 6.07) is 10.8. The largest absolute Gasteiger partial charge is 0.454 e. The molecule has 6 heteroatoms. The van der Waals surface area contributed by atoms with Crippen molar-refractivity contribution < 1.29 is 14.3 Å². The molecule has 5 nitrogen and oxygen atoms in total. The first-order valence-corrected chi connectivity index (χ1v) is 8.18. The van der Waals surface area contributed by atoms with Crippen LogP contribution in [0.25, 0.3) is 10.9 Å². The minimum Gasteiger partial charge on any atom is -0.454 e. The van der Waals surface area contributed by atoms with E-state index in [0.717, 1.165) is 10.9 Å². The summed E-state index contributed by atoms with van der Waals surface area (Å²) in [5.41, 5.74) is 1.76. The molecule has 23 heavy (non-hydrogen) atoms. The molecule has 3 rings (SSSR count). The van der Waals surface area contributed by atoms with Crippen LogP contribution < -0.4 is 0 Å². The predicted molar refractivity (Wildman–Crippen MR) is 88.9 cm³/mol. The van der Waals surface area contributed by atoms with Crippen LogP contribution in [0.3, 0.4) is 0 Å². The van der Waals surface area contributed by atoms with Crippen LogP contribution in [-0.2, 0) is 4.74 Å². The SMILES string of the molecule is CSc1ncccc1C(=O)OCC(=O)c1c[nH]c2ccccc12. The van der Waals surface area contributed by atoms with Crippen LogP contribution in [0.1, 0.15) is 20.7 Å². The second-order valence-corrected chi connectivity index (χ2v) is 5.60. The maximum Gasteiger partial charge on any atom is 0.341 e. The number of hydrogen-bond acceptors (Lipinski definition) is 5. The molecule has 0 atom stereocenters. The molecule has 0 aliphatic rings. The first-order valence-electron chi connectivity index (χ1n) is 6.96. The fourth-order valence-corrected chi connectivity index (χ4v) is 2.84. The van der Waals surface area contributed by atoms with Gasteiger partial charge in [-0.05, 0) is 24.5 Å². The van der Waals surface area contributed by atoms with Crippen molar-refractivity contribution in [3.05, 3.63) is 59.9 Å². The Bertz CT molecular complexity index is 873. The van der Waals surface area contributed by atoms with Crippen molar-refractivity contribution in [3.8, 4) is 0 Å². The van der Waals surface area contributed by atoms with Gasteiger partial charge in [-0.2, -0.15) is 0 Å². The number of aromatic amines is 1. The zero-order valence-electron chi connectivity index (χ0n) is 12.4. The van der Waals surface area contributed by atoms with Crippen molar-refractivity contribution in [2.75, 3.05) is 12.9 Å². The molecule has 1 aromatic carbocycles. The lowest BCUT2D eigenvalue weighted by atomic mass is 10.1. The minimum atomic E-state index is -0.546. The molecule has 1 N–H and O–H groups in total. The van der Waals surface area contributed by atoms with E-state index in [-0.39, 0.29) is 12.4 Å².